The van der Waals surface area contributed by atoms with Crippen LogP contribution in [0.25, 0.3) is 0 Å². The molecule has 0 bridgehead atoms. The molecule has 110 valence electrons. The number of likely N-dealkylation sites (N-methyl/N-ethyl adjacent to an activating group) is 1. The summed E-state index contributed by atoms with van der Waals surface area (Å²) in [5, 5.41) is 0. The Bertz CT molecular complexity index is 613. The molecule has 0 aliphatic heterocycles. The van der Waals surface area contributed by atoms with Crippen molar-refractivity contribution in [3.63, 3.8) is 0 Å². The Balaban J connectivity index is 1.99. The van der Waals surface area contributed by atoms with Gasteiger partial charge in [-0.25, -0.2) is 0 Å². The number of ketones is 1. The fraction of sp³-hybridized carbons (Fsp3) is 0.235. The molecule has 0 N–H and O–H groups in total. The zero-order valence-electron chi connectivity index (χ0n) is 12.2. The molecule has 0 radical (unpaired) electrons. The van der Waals surface area contributed by atoms with Crippen molar-refractivity contribution in [2.45, 2.75) is 6.54 Å². The Kier molecular flexibility index (Phi) is 5.53. The number of carbonyl (C=O) groups is 1. The Morgan fingerprint density at radius 1 is 1.19 bits per heavy atom. The lowest BCUT2D eigenvalue weighted by molar-refractivity contribution is 0.0943. The maximum atomic E-state index is 12.3. The van der Waals surface area contributed by atoms with E-state index in [9.17, 15) is 4.79 Å². The first-order chi connectivity index (χ1) is 10.1. The van der Waals surface area contributed by atoms with E-state index in [4.69, 9.17) is 4.74 Å². The van der Waals surface area contributed by atoms with E-state index in [-0.39, 0.29) is 5.78 Å². The van der Waals surface area contributed by atoms with Crippen molar-refractivity contribution >= 4 is 21.7 Å². The number of rotatable bonds is 6. The smallest absolute Gasteiger partial charge is 0.176 e. The van der Waals surface area contributed by atoms with Crippen molar-refractivity contribution < 1.29 is 9.53 Å². The standard InChI is InChI=1S/C17H18BrNO2/c1-19(11-13-6-4-3-5-7-13)12-16(20)14-8-9-17(21-2)15(18)10-14/h3-10H,11-12H2,1-2H3. The van der Waals surface area contributed by atoms with Crippen molar-refractivity contribution in [1.82, 2.24) is 4.90 Å². The van der Waals surface area contributed by atoms with Crippen molar-refractivity contribution in [1.29, 1.82) is 0 Å². The summed E-state index contributed by atoms with van der Waals surface area (Å²) >= 11 is 3.40. The highest BCUT2D eigenvalue weighted by Crippen LogP contribution is 2.25. The second kappa shape index (κ2) is 7.38. The number of carbonyl (C=O) groups excluding carboxylic acids is 1. The van der Waals surface area contributed by atoms with Crippen LogP contribution in [-0.2, 0) is 6.54 Å². The van der Waals surface area contributed by atoms with Crippen molar-refractivity contribution in [3.8, 4) is 5.75 Å². The Morgan fingerprint density at radius 2 is 1.90 bits per heavy atom. The van der Waals surface area contributed by atoms with Gasteiger partial charge >= 0.3 is 0 Å². The van der Waals surface area contributed by atoms with Crippen LogP contribution in [0.15, 0.2) is 53.0 Å². The topological polar surface area (TPSA) is 29.5 Å². The number of Topliss-reactive ketones (excluding diaryl/α,β-unsaturated/α-hetero) is 1. The van der Waals surface area contributed by atoms with Crippen LogP contribution in [0.4, 0.5) is 0 Å². The molecule has 0 atom stereocenters. The molecule has 0 unspecified atom stereocenters. The number of ether oxygens (including phenoxy) is 1. The molecule has 0 saturated carbocycles. The lowest BCUT2D eigenvalue weighted by Crippen LogP contribution is -2.25. The normalized spacial score (nSPS) is 10.7. The molecule has 21 heavy (non-hydrogen) atoms. The molecule has 2 aromatic rings. The minimum Gasteiger partial charge on any atom is -0.496 e. The fourth-order valence-corrected chi connectivity index (χ4v) is 2.67. The Labute approximate surface area is 133 Å². The fourth-order valence-electron chi connectivity index (χ4n) is 2.13. The first kappa shape index (κ1) is 15.7. The van der Waals surface area contributed by atoms with E-state index in [0.29, 0.717) is 12.1 Å². The predicted octanol–water partition coefficient (Wildman–Crippen LogP) is 3.77. The molecule has 3 nitrogen and oxygen atoms in total. The molecule has 0 spiro atoms. The van der Waals surface area contributed by atoms with Gasteiger partial charge in [0.1, 0.15) is 5.75 Å². The lowest BCUT2D eigenvalue weighted by atomic mass is 10.1. The number of hydrogen-bond donors (Lipinski definition) is 0. The number of nitrogens with zero attached hydrogens (tertiary/aromatic N) is 1. The molecule has 0 heterocycles. The van der Waals surface area contributed by atoms with Gasteiger partial charge in [-0.15, -0.1) is 0 Å². The molecule has 0 amide bonds. The highest BCUT2D eigenvalue weighted by Gasteiger charge is 2.11. The number of halogens is 1. The van der Waals surface area contributed by atoms with Crippen LogP contribution in [0.1, 0.15) is 15.9 Å². The summed E-state index contributed by atoms with van der Waals surface area (Å²) in [4.78, 5) is 14.3. The molecule has 0 saturated heterocycles. The highest BCUT2D eigenvalue weighted by molar-refractivity contribution is 9.10. The predicted molar refractivity (Wildman–Crippen MR) is 87.8 cm³/mol. The third-order valence-corrected chi connectivity index (χ3v) is 3.80. The van der Waals surface area contributed by atoms with E-state index in [0.717, 1.165) is 16.8 Å². The van der Waals surface area contributed by atoms with Gasteiger partial charge in [-0.3, -0.25) is 9.69 Å². The highest BCUT2D eigenvalue weighted by atomic mass is 79.9. The van der Waals surface area contributed by atoms with Crippen LogP contribution >= 0.6 is 15.9 Å². The van der Waals surface area contributed by atoms with E-state index in [2.05, 4.69) is 28.1 Å². The average molecular weight is 348 g/mol. The zero-order chi connectivity index (χ0) is 15.2. The lowest BCUT2D eigenvalue weighted by Gasteiger charge is -2.16. The summed E-state index contributed by atoms with van der Waals surface area (Å²) in [6, 6.07) is 15.5. The van der Waals surface area contributed by atoms with E-state index < -0.39 is 0 Å². The van der Waals surface area contributed by atoms with Gasteiger partial charge in [0.15, 0.2) is 5.78 Å². The molecular formula is C17H18BrNO2. The van der Waals surface area contributed by atoms with E-state index in [1.165, 1.54) is 5.56 Å². The monoisotopic (exact) mass is 347 g/mol. The van der Waals surface area contributed by atoms with Crippen LogP contribution < -0.4 is 4.74 Å². The van der Waals surface area contributed by atoms with E-state index >= 15 is 0 Å². The maximum absolute atomic E-state index is 12.3. The number of methoxy groups -OCH3 is 1. The van der Waals surface area contributed by atoms with Crippen LogP contribution in [-0.4, -0.2) is 31.4 Å². The van der Waals surface area contributed by atoms with Gasteiger partial charge in [-0.05, 0) is 46.7 Å². The SMILES string of the molecule is COc1ccc(C(=O)CN(C)Cc2ccccc2)cc1Br. The summed E-state index contributed by atoms with van der Waals surface area (Å²) in [6.07, 6.45) is 0. The van der Waals surface area contributed by atoms with Gasteiger partial charge in [0.25, 0.3) is 0 Å². The molecule has 2 rings (SSSR count). The molecule has 0 aliphatic carbocycles. The summed E-state index contributed by atoms with van der Waals surface area (Å²) in [7, 11) is 3.55. The molecular weight excluding hydrogens is 330 g/mol. The molecule has 2 aromatic carbocycles. The van der Waals surface area contributed by atoms with Crippen LogP contribution in [0.2, 0.25) is 0 Å². The van der Waals surface area contributed by atoms with Crippen LogP contribution in [0.5, 0.6) is 5.75 Å². The number of hydrogen-bond acceptors (Lipinski definition) is 3. The summed E-state index contributed by atoms with van der Waals surface area (Å²) in [5.41, 5.74) is 1.88. The Morgan fingerprint density at radius 3 is 2.52 bits per heavy atom. The van der Waals surface area contributed by atoms with Crippen molar-refractivity contribution in [2.75, 3.05) is 20.7 Å². The first-order valence-corrected chi connectivity index (χ1v) is 7.48. The zero-order valence-corrected chi connectivity index (χ0v) is 13.8. The Hall–Kier alpha value is -1.65. The van der Waals surface area contributed by atoms with Gasteiger partial charge in [-0.2, -0.15) is 0 Å². The minimum atomic E-state index is 0.0942. The molecule has 0 aromatic heterocycles. The van der Waals surface area contributed by atoms with Crippen molar-refractivity contribution in [2.24, 2.45) is 0 Å². The van der Waals surface area contributed by atoms with Gasteiger partial charge in [0.2, 0.25) is 0 Å². The minimum absolute atomic E-state index is 0.0942. The average Bonchev–Trinajstić information content (AvgIpc) is 2.48. The third-order valence-electron chi connectivity index (χ3n) is 3.18. The van der Waals surface area contributed by atoms with Gasteiger partial charge in [0, 0.05) is 12.1 Å². The van der Waals surface area contributed by atoms with Crippen molar-refractivity contribution in [3.05, 3.63) is 64.1 Å². The number of benzene rings is 2. The summed E-state index contributed by atoms with van der Waals surface area (Å²) in [5.74, 6) is 0.820. The summed E-state index contributed by atoms with van der Waals surface area (Å²) < 4.78 is 5.96. The second-order valence-electron chi connectivity index (χ2n) is 4.93. The van der Waals surface area contributed by atoms with Gasteiger partial charge in [0.05, 0.1) is 18.1 Å². The second-order valence-corrected chi connectivity index (χ2v) is 5.78. The third kappa shape index (κ3) is 4.41. The quantitative estimate of drug-likeness (QED) is 0.745. The van der Waals surface area contributed by atoms with Gasteiger partial charge < -0.3 is 4.74 Å². The van der Waals surface area contributed by atoms with Gasteiger partial charge in [-0.1, -0.05) is 30.3 Å². The molecule has 0 fully saturated rings. The van der Waals surface area contributed by atoms with Crippen LogP contribution in [0.3, 0.4) is 0 Å². The summed E-state index contributed by atoms with van der Waals surface area (Å²) in [6.45, 7) is 1.14. The van der Waals surface area contributed by atoms with E-state index in [1.54, 1.807) is 25.3 Å². The largest absolute Gasteiger partial charge is 0.496 e. The molecule has 4 heteroatoms. The van der Waals surface area contributed by atoms with Crippen LogP contribution in [0, 0.1) is 0 Å². The van der Waals surface area contributed by atoms with E-state index in [1.807, 2.05) is 30.1 Å². The maximum Gasteiger partial charge on any atom is 0.176 e. The first-order valence-electron chi connectivity index (χ1n) is 6.69. The molecule has 0 aliphatic rings.